The number of hydrogen-bond donors (Lipinski definition) is 3. The Morgan fingerprint density at radius 3 is 2.70 bits per heavy atom. The Kier molecular flexibility index (Phi) is 7.02. The fourth-order valence-electron chi connectivity index (χ4n) is 4.69. The maximum absolute atomic E-state index is 12.4. The highest BCUT2D eigenvalue weighted by Gasteiger charge is 2.19. The van der Waals surface area contributed by atoms with Crippen LogP contribution in [0.15, 0.2) is 42.5 Å². The van der Waals surface area contributed by atoms with Crippen molar-refractivity contribution in [1.29, 1.82) is 5.41 Å². The van der Waals surface area contributed by atoms with Crippen molar-refractivity contribution in [3.05, 3.63) is 53.7 Å². The fraction of sp³-hybridized carbons (Fsp3) is 0.407. The van der Waals surface area contributed by atoms with E-state index in [1.54, 1.807) is 18.2 Å². The van der Waals surface area contributed by atoms with Gasteiger partial charge in [-0.1, -0.05) is 49.9 Å². The SMILES string of the molecule is Cc1ccc2c(C(=N)C[C@@H](C)NC(=O)CCC3CCCC3)nc(-c3ccccc3O)nc2c1. The lowest BCUT2D eigenvalue weighted by atomic mass is 10.0. The second kappa shape index (κ2) is 10.1. The summed E-state index contributed by atoms with van der Waals surface area (Å²) >= 11 is 0. The van der Waals surface area contributed by atoms with Gasteiger partial charge < -0.3 is 15.8 Å². The lowest BCUT2D eigenvalue weighted by Gasteiger charge is -2.17. The molecular weight excluding hydrogens is 412 g/mol. The number of fused-ring (bicyclic) bond motifs is 1. The van der Waals surface area contributed by atoms with Gasteiger partial charge in [0.2, 0.25) is 5.91 Å². The Labute approximate surface area is 195 Å². The van der Waals surface area contributed by atoms with Crippen LogP contribution in [0.25, 0.3) is 22.3 Å². The van der Waals surface area contributed by atoms with E-state index < -0.39 is 0 Å². The number of nitrogens with one attached hydrogen (secondary N) is 2. The summed E-state index contributed by atoms with van der Waals surface area (Å²) < 4.78 is 0. The maximum atomic E-state index is 12.4. The minimum atomic E-state index is -0.169. The van der Waals surface area contributed by atoms with Crippen molar-refractivity contribution >= 4 is 22.5 Å². The van der Waals surface area contributed by atoms with Gasteiger partial charge in [0.25, 0.3) is 0 Å². The standard InChI is InChI=1S/C27H32N4O2/c1-17-11-13-20-23(15-17)30-27(21-9-5-6-10-24(21)32)31-26(20)22(28)16-18(2)29-25(33)14-12-19-7-3-4-8-19/h5-6,9-11,13,15,18-19,28,32H,3-4,7-8,12,14,16H2,1-2H3,(H,29,33)/t18-/m1/s1. The Morgan fingerprint density at radius 2 is 1.94 bits per heavy atom. The van der Waals surface area contributed by atoms with Gasteiger partial charge in [-0.15, -0.1) is 0 Å². The average molecular weight is 445 g/mol. The Bertz CT molecular complexity index is 1170. The zero-order valence-corrected chi connectivity index (χ0v) is 19.4. The topological polar surface area (TPSA) is 99.0 Å². The number of hydrogen-bond acceptors (Lipinski definition) is 5. The molecule has 1 atom stereocenters. The lowest BCUT2D eigenvalue weighted by Crippen LogP contribution is -2.34. The highest BCUT2D eigenvalue weighted by molar-refractivity contribution is 6.07. The van der Waals surface area contributed by atoms with Gasteiger partial charge in [-0.05, 0) is 49.9 Å². The van der Waals surface area contributed by atoms with E-state index in [2.05, 4.69) is 15.3 Å². The molecule has 3 N–H and O–H groups in total. The molecule has 0 unspecified atom stereocenters. The minimum absolute atomic E-state index is 0.0558. The first-order valence-corrected chi connectivity index (χ1v) is 11.8. The van der Waals surface area contributed by atoms with Crippen LogP contribution in [0.3, 0.4) is 0 Å². The molecular formula is C27H32N4O2. The largest absolute Gasteiger partial charge is 0.507 e. The smallest absolute Gasteiger partial charge is 0.220 e. The number of phenolic OH excluding ortho intramolecular Hbond substituents is 1. The van der Waals surface area contributed by atoms with Crippen LogP contribution in [0, 0.1) is 18.3 Å². The summed E-state index contributed by atoms with van der Waals surface area (Å²) in [7, 11) is 0. The van der Waals surface area contributed by atoms with Crippen molar-refractivity contribution in [1.82, 2.24) is 15.3 Å². The molecule has 0 bridgehead atoms. The number of amides is 1. The molecule has 1 saturated carbocycles. The van der Waals surface area contributed by atoms with E-state index >= 15 is 0 Å². The van der Waals surface area contributed by atoms with Crippen LogP contribution in [-0.4, -0.2) is 32.7 Å². The summed E-state index contributed by atoms with van der Waals surface area (Å²) in [5, 5.41) is 22.9. The van der Waals surface area contributed by atoms with E-state index in [0.717, 1.165) is 22.9 Å². The van der Waals surface area contributed by atoms with E-state index in [-0.39, 0.29) is 17.7 Å². The van der Waals surface area contributed by atoms with Crippen molar-refractivity contribution in [2.75, 3.05) is 0 Å². The van der Waals surface area contributed by atoms with Gasteiger partial charge in [0, 0.05) is 24.3 Å². The van der Waals surface area contributed by atoms with Crippen LogP contribution in [0.1, 0.15) is 63.1 Å². The Hall–Kier alpha value is -3.28. The third-order valence-electron chi connectivity index (χ3n) is 6.46. The maximum Gasteiger partial charge on any atom is 0.220 e. The molecule has 1 amide bonds. The van der Waals surface area contributed by atoms with Gasteiger partial charge in [-0.25, -0.2) is 9.97 Å². The highest BCUT2D eigenvalue weighted by atomic mass is 16.3. The average Bonchev–Trinajstić information content (AvgIpc) is 3.30. The summed E-state index contributed by atoms with van der Waals surface area (Å²) in [5.74, 6) is 1.23. The number of phenols is 1. The minimum Gasteiger partial charge on any atom is -0.507 e. The third-order valence-corrected chi connectivity index (χ3v) is 6.46. The van der Waals surface area contributed by atoms with Crippen molar-refractivity contribution < 1.29 is 9.90 Å². The number of benzene rings is 2. The number of rotatable bonds is 8. The second-order valence-electron chi connectivity index (χ2n) is 9.27. The van der Waals surface area contributed by atoms with E-state index in [1.807, 2.05) is 38.1 Å². The monoisotopic (exact) mass is 444 g/mol. The molecule has 0 radical (unpaired) electrons. The quantitative estimate of drug-likeness (QED) is 0.397. The number of para-hydroxylation sites is 1. The van der Waals surface area contributed by atoms with Crippen LogP contribution < -0.4 is 5.32 Å². The zero-order valence-electron chi connectivity index (χ0n) is 19.4. The Morgan fingerprint density at radius 1 is 1.18 bits per heavy atom. The molecule has 3 aromatic rings. The van der Waals surface area contributed by atoms with Gasteiger partial charge in [0.1, 0.15) is 5.75 Å². The van der Waals surface area contributed by atoms with Gasteiger partial charge in [0.05, 0.1) is 22.5 Å². The normalized spacial score (nSPS) is 15.0. The number of carbonyl (C=O) groups is 1. The molecule has 2 aromatic carbocycles. The van der Waals surface area contributed by atoms with Crippen LogP contribution in [0.4, 0.5) is 0 Å². The number of nitrogens with zero attached hydrogens (tertiary/aromatic N) is 2. The molecule has 0 saturated heterocycles. The molecule has 6 heteroatoms. The number of aromatic nitrogens is 2. The molecule has 1 aliphatic rings. The van der Waals surface area contributed by atoms with E-state index in [0.29, 0.717) is 41.6 Å². The summed E-state index contributed by atoms with van der Waals surface area (Å²) in [6, 6.07) is 12.7. The Balaban J connectivity index is 1.53. The third kappa shape index (κ3) is 5.56. The van der Waals surface area contributed by atoms with Gasteiger partial charge in [-0.2, -0.15) is 0 Å². The molecule has 172 valence electrons. The zero-order chi connectivity index (χ0) is 23.4. The first-order valence-electron chi connectivity index (χ1n) is 11.8. The number of carbonyl (C=O) groups excluding carboxylic acids is 1. The molecule has 0 spiro atoms. The molecule has 1 aromatic heterocycles. The van der Waals surface area contributed by atoms with E-state index in [9.17, 15) is 9.90 Å². The summed E-state index contributed by atoms with van der Waals surface area (Å²) in [4.78, 5) is 21.8. The van der Waals surface area contributed by atoms with Gasteiger partial charge in [0.15, 0.2) is 5.82 Å². The molecule has 6 nitrogen and oxygen atoms in total. The highest BCUT2D eigenvalue weighted by Crippen LogP contribution is 2.30. The van der Waals surface area contributed by atoms with Crippen LogP contribution in [0.2, 0.25) is 0 Å². The first-order chi connectivity index (χ1) is 15.9. The summed E-state index contributed by atoms with van der Waals surface area (Å²) in [6.45, 7) is 3.93. The molecule has 1 fully saturated rings. The van der Waals surface area contributed by atoms with Gasteiger partial charge in [-0.3, -0.25) is 4.79 Å². The van der Waals surface area contributed by atoms with Crippen LogP contribution in [0.5, 0.6) is 5.75 Å². The van der Waals surface area contributed by atoms with Crippen molar-refractivity contribution in [3.63, 3.8) is 0 Å². The fourth-order valence-corrected chi connectivity index (χ4v) is 4.69. The van der Waals surface area contributed by atoms with E-state index in [4.69, 9.17) is 5.41 Å². The number of aryl methyl sites for hydroxylation is 1. The van der Waals surface area contributed by atoms with Crippen molar-refractivity contribution in [2.24, 2.45) is 5.92 Å². The molecule has 33 heavy (non-hydrogen) atoms. The predicted molar refractivity (Wildman–Crippen MR) is 132 cm³/mol. The summed E-state index contributed by atoms with van der Waals surface area (Å²) in [5.41, 5.74) is 3.20. The van der Waals surface area contributed by atoms with E-state index in [1.165, 1.54) is 25.7 Å². The van der Waals surface area contributed by atoms with Crippen molar-refractivity contribution in [3.8, 4) is 17.1 Å². The second-order valence-corrected chi connectivity index (χ2v) is 9.27. The predicted octanol–water partition coefficient (Wildman–Crippen LogP) is 5.54. The van der Waals surface area contributed by atoms with Gasteiger partial charge >= 0.3 is 0 Å². The summed E-state index contributed by atoms with van der Waals surface area (Å²) in [6.07, 6.45) is 6.94. The van der Waals surface area contributed by atoms with Crippen molar-refractivity contribution in [2.45, 2.75) is 64.8 Å². The molecule has 1 aliphatic carbocycles. The first kappa shape index (κ1) is 22.9. The van der Waals surface area contributed by atoms with Crippen LogP contribution >= 0.6 is 0 Å². The van der Waals surface area contributed by atoms with Crippen LogP contribution in [-0.2, 0) is 4.79 Å². The molecule has 4 rings (SSSR count). The molecule has 0 aliphatic heterocycles. The number of aromatic hydroxyl groups is 1. The lowest BCUT2D eigenvalue weighted by molar-refractivity contribution is -0.121. The molecule has 1 heterocycles.